The van der Waals surface area contributed by atoms with Crippen LogP contribution in [0.3, 0.4) is 0 Å². The van der Waals surface area contributed by atoms with Gasteiger partial charge in [-0.1, -0.05) is 39.3 Å². The Morgan fingerprint density at radius 1 is 1.00 bits per heavy atom. The summed E-state index contributed by atoms with van der Waals surface area (Å²) in [5.41, 5.74) is -2.14. The van der Waals surface area contributed by atoms with Gasteiger partial charge in [-0.25, -0.2) is 0 Å². The summed E-state index contributed by atoms with van der Waals surface area (Å²) in [4.78, 5) is 0. The van der Waals surface area contributed by atoms with Gasteiger partial charge in [-0.15, -0.1) is 6.58 Å². The second-order valence-electron chi connectivity index (χ2n) is 17.2. The van der Waals surface area contributed by atoms with Gasteiger partial charge in [0.2, 0.25) is 5.60 Å². The predicted molar refractivity (Wildman–Crippen MR) is 185 cm³/mol. The lowest BCUT2D eigenvalue weighted by Crippen LogP contribution is -2.62. The molecule has 0 aliphatic heterocycles. The number of aryl methyl sites for hydroxylation is 1. The molecule has 3 nitrogen and oxygen atoms in total. The van der Waals surface area contributed by atoms with E-state index in [9.17, 15) is 26.3 Å². The average molecular weight is 721 g/mol. The summed E-state index contributed by atoms with van der Waals surface area (Å²) in [6.07, 6.45) is -4.87. The van der Waals surface area contributed by atoms with Crippen molar-refractivity contribution in [1.82, 2.24) is 0 Å². The zero-order chi connectivity index (χ0) is 36.1. The van der Waals surface area contributed by atoms with Crippen molar-refractivity contribution in [2.24, 2.45) is 34.0 Å². The van der Waals surface area contributed by atoms with E-state index in [1.165, 1.54) is 30.8 Å². The number of benzene rings is 1. The Balaban J connectivity index is 1.78. The number of unbranched alkanes of at least 4 members (excludes halogenated alkanes) is 1. The molecule has 11 heteroatoms. The molecule has 4 rings (SSSR count). The van der Waals surface area contributed by atoms with Crippen molar-refractivity contribution >= 4 is 17.4 Å². The molecule has 6 atom stereocenters. The standard InChI is InChI=1S/C37H58F6O3Si2/c1-11-33-21-19-25-22-27(44-5)15-16-28(25)31(33)26(23-34(24-45-47(6)7)29(32(2,3)4)17-18-30(33)34)14-12-13-20-35(36(38,39)40,37(41,42)43)46-48(8,9)10/h11,15-16,22,26,29-31,47H,1,12-14,17-21,23-24H2,2-10H3/t26-,29+,30-,31+,33-,34-/m0/s1. The van der Waals surface area contributed by atoms with Crippen molar-refractivity contribution in [1.29, 1.82) is 0 Å². The minimum atomic E-state index is -5.57. The van der Waals surface area contributed by atoms with Crippen molar-refractivity contribution in [3.05, 3.63) is 42.0 Å². The lowest BCUT2D eigenvalue weighted by Gasteiger charge is -2.63. The van der Waals surface area contributed by atoms with E-state index in [-0.39, 0.29) is 40.9 Å². The Labute approximate surface area is 287 Å². The van der Waals surface area contributed by atoms with Crippen LogP contribution in [0.25, 0.3) is 0 Å². The van der Waals surface area contributed by atoms with E-state index in [0.717, 1.165) is 37.9 Å². The molecule has 274 valence electrons. The zero-order valence-electron chi connectivity index (χ0n) is 30.5. The first-order chi connectivity index (χ1) is 22.0. The lowest BCUT2D eigenvalue weighted by molar-refractivity contribution is -0.362. The highest BCUT2D eigenvalue weighted by atomic mass is 28.4. The monoisotopic (exact) mass is 720 g/mol. The molecule has 0 heterocycles. The normalized spacial score (nSPS) is 29.8. The second-order valence-corrected chi connectivity index (χ2v) is 24.1. The van der Waals surface area contributed by atoms with Crippen LogP contribution in [0.4, 0.5) is 26.3 Å². The van der Waals surface area contributed by atoms with Crippen molar-refractivity contribution in [2.45, 2.75) is 135 Å². The van der Waals surface area contributed by atoms with Crippen LogP contribution in [0.2, 0.25) is 32.7 Å². The third-order valence-corrected chi connectivity index (χ3v) is 13.6. The van der Waals surface area contributed by atoms with Gasteiger partial charge in [0.1, 0.15) is 5.75 Å². The van der Waals surface area contributed by atoms with Gasteiger partial charge in [-0.2, -0.15) is 26.3 Å². The van der Waals surface area contributed by atoms with Crippen LogP contribution < -0.4 is 4.74 Å². The Hall–Kier alpha value is -1.31. The Kier molecular flexibility index (Phi) is 11.2. The van der Waals surface area contributed by atoms with Crippen LogP contribution in [0.1, 0.15) is 89.2 Å². The highest BCUT2D eigenvalue weighted by Gasteiger charge is 2.72. The molecule has 0 amide bonds. The fourth-order valence-electron chi connectivity index (χ4n) is 10.4. The van der Waals surface area contributed by atoms with Gasteiger partial charge in [-0.3, -0.25) is 0 Å². The van der Waals surface area contributed by atoms with E-state index in [4.69, 9.17) is 13.6 Å². The molecular formula is C37H58F6O3Si2. The maximum absolute atomic E-state index is 14.4. The third-order valence-electron chi connectivity index (χ3n) is 11.8. The van der Waals surface area contributed by atoms with E-state index >= 15 is 0 Å². The lowest BCUT2D eigenvalue weighted by atomic mass is 9.42. The molecule has 2 saturated carbocycles. The summed E-state index contributed by atoms with van der Waals surface area (Å²) in [5.74, 6) is 1.57. The number of methoxy groups -OCH3 is 1. The Bertz CT molecular complexity index is 1270. The smallest absolute Gasteiger partial charge is 0.425 e. The molecule has 0 saturated heterocycles. The summed E-state index contributed by atoms with van der Waals surface area (Å²) < 4.78 is 104. The Morgan fingerprint density at radius 2 is 1.65 bits per heavy atom. The molecule has 0 radical (unpaired) electrons. The molecule has 0 unspecified atom stereocenters. The van der Waals surface area contributed by atoms with Gasteiger partial charge in [0.25, 0.3) is 0 Å². The summed E-state index contributed by atoms with van der Waals surface area (Å²) in [6, 6.07) is 6.21. The highest BCUT2D eigenvalue weighted by Crippen LogP contribution is 2.73. The minimum absolute atomic E-state index is 0.00351. The topological polar surface area (TPSA) is 27.7 Å². The number of hydrogen-bond donors (Lipinski definition) is 0. The first-order valence-electron chi connectivity index (χ1n) is 17.7. The summed E-state index contributed by atoms with van der Waals surface area (Å²) in [6.45, 7) is 20.5. The number of ether oxygens (including phenoxy) is 1. The quantitative estimate of drug-likeness (QED) is 0.0931. The molecule has 1 aromatic carbocycles. The largest absolute Gasteiger partial charge is 0.497 e. The first kappa shape index (κ1) is 39.5. The molecule has 48 heavy (non-hydrogen) atoms. The number of alkyl halides is 6. The first-order valence-corrected chi connectivity index (χ1v) is 23.9. The van der Waals surface area contributed by atoms with Gasteiger partial charge >= 0.3 is 12.4 Å². The number of allylic oxidation sites excluding steroid dienone is 1. The molecule has 0 aromatic heterocycles. The number of rotatable bonds is 12. The maximum Gasteiger partial charge on any atom is 0.425 e. The maximum atomic E-state index is 14.4. The molecule has 1 aromatic rings. The van der Waals surface area contributed by atoms with Gasteiger partial charge in [-0.05, 0) is 147 Å². The van der Waals surface area contributed by atoms with E-state index in [2.05, 4.69) is 58.7 Å². The third kappa shape index (κ3) is 7.22. The van der Waals surface area contributed by atoms with Crippen LogP contribution in [-0.2, 0) is 15.3 Å². The minimum Gasteiger partial charge on any atom is -0.497 e. The van der Waals surface area contributed by atoms with Crippen molar-refractivity contribution in [3.8, 4) is 5.75 Å². The van der Waals surface area contributed by atoms with Gasteiger partial charge < -0.3 is 13.6 Å². The molecule has 3 aliphatic rings. The zero-order valence-corrected chi connectivity index (χ0v) is 32.6. The van der Waals surface area contributed by atoms with Crippen molar-refractivity contribution in [3.63, 3.8) is 0 Å². The number of hydrogen-bond acceptors (Lipinski definition) is 3. The Morgan fingerprint density at radius 3 is 2.17 bits per heavy atom. The van der Waals surface area contributed by atoms with Crippen molar-refractivity contribution in [2.75, 3.05) is 13.7 Å². The second kappa shape index (κ2) is 13.7. The summed E-state index contributed by atoms with van der Waals surface area (Å²) >= 11 is 0. The molecule has 0 N–H and O–H groups in total. The highest BCUT2D eigenvalue weighted by molar-refractivity contribution is 6.69. The molecular weight excluding hydrogens is 663 g/mol. The van der Waals surface area contributed by atoms with E-state index in [1.54, 1.807) is 7.11 Å². The van der Waals surface area contributed by atoms with Gasteiger partial charge in [0, 0.05) is 6.61 Å². The van der Waals surface area contributed by atoms with Gasteiger partial charge in [0.05, 0.1) is 7.11 Å². The SMILES string of the molecule is C=C[C@@]12CCc3cc(OC)ccc3[C@H]1[C@@H](CCCCC(O[Si](C)(C)C)(C(F)(F)F)C(F)(F)F)C[C@]1(CO[SiH](C)C)[C@@H](C(C)(C)C)CC[C@@H]21. The van der Waals surface area contributed by atoms with E-state index in [1.807, 2.05) is 6.07 Å². The molecule has 3 aliphatic carbocycles. The van der Waals surface area contributed by atoms with E-state index < -0.39 is 41.7 Å². The van der Waals surface area contributed by atoms with Crippen molar-refractivity contribution < 1.29 is 39.9 Å². The molecule has 0 spiro atoms. The van der Waals surface area contributed by atoms with Crippen LogP contribution >= 0.6 is 0 Å². The molecule has 0 bridgehead atoms. The fourth-order valence-corrected chi connectivity index (χ4v) is 12.4. The van der Waals surface area contributed by atoms with Crippen LogP contribution in [0.15, 0.2) is 30.9 Å². The fraction of sp³-hybridized carbons (Fsp3) is 0.784. The summed E-state index contributed by atoms with van der Waals surface area (Å²) in [5, 5.41) is 0. The number of halogens is 6. The van der Waals surface area contributed by atoms with Gasteiger partial charge in [0.15, 0.2) is 17.4 Å². The van der Waals surface area contributed by atoms with Crippen LogP contribution in [0, 0.1) is 34.0 Å². The molecule has 2 fully saturated rings. The van der Waals surface area contributed by atoms with Crippen LogP contribution in [-0.4, -0.2) is 49.0 Å². The van der Waals surface area contributed by atoms with E-state index in [0.29, 0.717) is 24.9 Å². The van der Waals surface area contributed by atoms with Crippen LogP contribution in [0.5, 0.6) is 5.75 Å². The predicted octanol–water partition coefficient (Wildman–Crippen LogP) is 11.3. The average Bonchev–Trinajstić information content (AvgIpc) is 3.36. The summed E-state index contributed by atoms with van der Waals surface area (Å²) in [7, 11) is -2.98. The number of fused-ring (bicyclic) bond motifs is 5.